The van der Waals surface area contributed by atoms with Crippen molar-refractivity contribution in [1.29, 1.82) is 0 Å². The lowest BCUT2D eigenvalue weighted by molar-refractivity contribution is 0.754. The summed E-state index contributed by atoms with van der Waals surface area (Å²) in [4.78, 5) is 13.4. The smallest absolute Gasteiger partial charge is 0.162 e. The molecular weight excluding hydrogens is 288 g/mol. The van der Waals surface area contributed by atoms with Gasteiger partial charge in [-0.05, 0) is 6.42 Å². The van der Waals surface area contributed by atoms with Gasteiger partial charge in [-0.2, -0.15) is 5.10 Å². The van der Waals surface area contributed by atoms with Gasteiger partial charge in [-0.1, -0.05) is 37.3 Å². The minimum atomic E-state index is 0.663. The van der Waals surface area contributed by atoms with E-state index < -0.39 is 0 Å². The third-order valence-corrected chi connectivity index (χ3v) is 3.94. The number of aryl methyl sites for hydroxylation is 1. The van der Waals surface area contributed by atoms with Gasteiger partial charge in [0.05, 0.1) is 12.2 Å². The van der Waals surface area contributed by atoms with Crippen LogP contribution in [0.25, 0.3) is 17.0 Å². The molecule has 0 saturated carbocycles. The Balaban J connectivity index is 1.76. The number of hydrogen-bond donors (Lipinski definition) is 0. The SMILES string of the molecule is CCc1c(Cn2ccnc2-c2ccccc2)ncn2ncnc12. The molecule has 0 radical (unpaired) electrons. The lowest BCUT2D eigenvalue weighted by Crippen LogP contribution is -2.08. The molecule has 114 valence electrons. The van der Waals surface area contributed by atoms with Crippen LogP contribution in [0.2, 0.25) is 0 Å². The van der Waals surface area contributed by atoms with Gasteiger partial charge < -0.3 is 4.57 Å². The maximum atomic E-state index is 4.57. The molecule has 0 fully saturated rings. The first kappa shape index (κ1) is 13.6. The maximum absolute atomic E-state index is 4.57. The van der Waals surface area contributed by atoms with E-state index in [2.05, 4.69) is 43.7 Å². The summed E-state index contributed by atoms with van der Waals surface area (Å²) < 4.78 is 3.83. The van der Waals surface area contributed by atoms with Crippen molar-refractivity contribution in [3.63, 3.8) is 0 Å². The van der Waals surface area contributed by atoms with Crippen molar-refractivity contribution in [3.05, 3.63) is 66.6 Å². The van der Waals surface area contributed by atoms with E-state index >= 15 is 0 Å². The third kappa shape index (κ3) is 2.38. The molecule has 0 spiro atoms. The molecule has 0 amide bonds. The molecule has 0 saturated heterocycles. The molecule has 1 aromatic carbocycles. The van der Waals surface area contributed by atoms with Crippen LogP contribution in [0, 0.1) is 0 Å². The number of hydrogen-bond acceptors (Lipinski definition) is 4. The molecule has 3 aromatic heterocycles. The summed E-state index contributed by atoms with van der Waals surface area (Å²) in [6, 6.07) is 10.2. The number of nitrogens with zero attached hydrogens (tertiary/aromatic N) is 6. The summed E-state index contributed by atoms with van der Waals surface area (Å²) in [7, 11) is 0. The van der Waals surface area contributed by atoms with Gasteiger partial charge in [0.15, 0.2) is 5.65 Å². The fraction of sp³-hybridized carbons (Fsp3) is 0.176. The minimum absolute atomic E-state index is 0.663. The summed E-state index contributed by atoms with van der Waals surface area (Å²) in [6.45, 7) is 2.78. The molecule has 0 bridgehead atoms. The van der Waals surface area contributed by atoms with Gasteiger partial charge in [-0.15, -0.1) is 0 Å². The number of benzene rings is 1. The van der Waals surface area contributed by atoms with Crippen LogP contribution in [0.5, 0.6) is 0 Å². The number of rotatable bonds is 4. The van der Waals surface area contributed by atoms with E-state index in [4.69, 9.17) is 0 Å². The quantitative estimate of drug-likeness (QED) is 0.581. The van der Waals surface area contributed by atoms with Crippen LogP contribution in [0.4, 0.5) is 0 Å². The van der Waals surface area contributed by atoms with Gasteiger partial charge in [0.2, 0.25) is 0 Å². The normalized spacial score (nSPS) is 11.2. The second-order valence-electron chi connectivity index (χ2n) is 5.30. The number of imidazole rings is 1. The average Bonchev–Trinajstić information content (AvgIpc) is 3.24. The molecule has 0 atom stereocenters. The molecule has 0 N–H and O–H groups in total. The topological polar surface area (TPSA) is 60.9 Å². The predicted octanol–water partition coefficient (Wildman–Crippen LogP) is 2.60. The molecule has 0 aliphatic carbocycles. The summed E-state index contributed by atoms with van der Waals surface area (Å²) in [5, 5.41) is 4.15. The highest BCUT2D eigenvalue weighted by Crippen LogP contribution is 2.20. The fourth-order valence-corrected chi connectivity index (χ4v) is 2.83. The van der Waals surface area contributed by atoms with Gasteiger partial charge in [0.25, 0.3) is 0 Å². The average molecular weight is 304 g/mol. The summed E-state index contributed by atoms with van der Waals surface area (Å²) in [5.41, 5.74) is 4.10. The highest BCUT2D eigenvalue weighted by molar-refractivity contribution is 5.55. The monoisotopic (exact) mass is 304 g/mol. The van der Waals surface area contributed by atoms with Crippen molar-refractivity contribution in [2.75, 3.05) is 0 Å². The van der Waals surface area contributed by atoms with Gasteiger partial charge in [-0.3, -0.25) is 0 Å². The fourth-order valence-electron chi connectivity index (χ4n) is 2.83. The largest absolute Gasteiger partial charge is 0.325 e. The van der Waals surface area contributed by atoms with Crippen LogP contribution in [0.1, 0.15) is 18.2 Å². The van der Waals surface area contributed by atoms with Gasteiger partial charge in [0, 0.05) is 23.5 Å². The molecule has 0 aliphatic heterocycles. The molecule has 4 rings (SSSR count). The van der Waals surface area contributed by atoms with Gasteiger partial charge >= 0.3 is 0 Å². The molecule has 4 aromatic rings. The van der Waals surface area contributed by atoms with E-state index in [9.17, 15) is 0 Å². The van der Waals surface area contributed by atoms with Gasteiger partial charge in [-0.25, -0.2) is 19.5 Å². The Kier molecular flexibility index (Phi) is 3.34. The molecule has 0 unspecified atom stereocenters. The van der Waals surface area contributed by atoms with E-state index in [1.54, 1.807) is 17.2 Å². The zero-order valence-electron chi connectivity index (χ0n) is 12.8. The zero-order chi connectivity index (χ0) is 15.6. The van der Waals surface area contributed by atoms with Crippen LogP contribution in [-0.4, -0.2) is 29.1 Å². The first-order chi connectivity index (χ1) is 11.4. The van der Waals surface area contributed by atoms with E-state index in [0.717, 1.165) is 34.7 Å². The lowest BCUT2D eigenvalue weighted by atomic mass is 10.1. The summed E-state index contributed by atoms with van der Waals surface area (Å²) in [5.74, 6) is 0.941. The molecule has 6 nitrogen and oxygen atoms in total. The van der Waals surface area contributed by atoms with Crippen LogP contribution in [-0.2, 0) is 13.0 Å². The van der Waals surface area contributed by atoms with Crippen LogP contribution >= 0.6 is 0 Å². The lowest BCUT2D eigenvalue weighted by Gasteiger charge is -2.11. The molecule has 6 heteroatoms. The Morgan fingerprint density at radius 3 is 2.74 bits per heavy atom. The van der Waals surface area contributed by atoms with Crippen molar-refractivity contribution >= 4 is 5.65 Å². The Bertz CT molecular complexity index is 938. The van der Waals surface area contributed by atoms with Crippen LogP contribution < -0.4 is 0 Å². The minimum Gasteiger partial charge on any atom is -0.325 e. The van der Waals surface area contributed by atoms with Crippen molar-refractivity contribution in [1.82, 2.24) is 29.1 Å². The van der Waals surface area contributed by atoms with E-state index in [-0.39, 0.29) is 0 Å². The first-order valence-electron chi connectivity index (χ1n) is 7.59. The Hall–Kier alpha value is -3.02. The number of aromatic nitrogens is 6. The predicted molar refractivity (Wildman–Crippen MR) is 86.9 cm³/mol. The van der Waals surface area contributed by atoms with Crippen LogP contribution in [0.15, 0.2) is 55.4 Å². The second-order valence-corrected chi connectivity index (χ2v) is 5.30. The van der Waals surface area contributed by atoms with E-state index in [1.807, 2.05) is 30.6 Å². The second kappa shape index (κ2) is 5.64. The molecule has 0 aliphatic rings. The maximum Gasteiger partial charge on any atom is 0.162 e. The Morgan fingerprint density at radius 2 is 1.91 bits per heavy atom. The standard InChI is InChI=1S/C17H16N6/c1-2-14-15(20-12-23-17(14)19-11-21-23)10-22-9-8-18-16(22)13-6-4-3-5-7-13/h3-9,11-12H,2,10H2,1H3. The van der Waals surface area contributed by atoms with Crippen molar-refractivity contribution in [2.24, 2.45) is 0 Å². The summed E-state index contributed by atoms with van der Waals surface area (Å²) >= 11 is 0. The highest BCUT2D eigenvalue weighted by atomic mass is 15.3. The molecule has 23 heavy (non-hydrogen) atoms. The first-order valence-corrected chi connectivity index (χ1v) is 7.59. The van der Waals surface area contributed by atoms with Crippen molar-refractivity contribution < 1.29 is 0 Å². The third-order valence-electron chi connectivity index (χ3n) is 3.94. The number of fused-ring (bicyclic) bond motifs is 1. The van der Waals surface area contributed by atoms with Crippen LogP contribution in [0.3, 0.4) is 0 Å². The zero-order valence-corrected chi connectivity index (χ0v) is 12.8. The molecular formula is C17H16N6. The van der Waals surface area contributed by atoms with Gasteiger partial charge in [0.1, 0.15) is 18.5 Å². The Labute approximate surface area is 133 Å². The van der Waals surface area contributed by atoms with E-state index in [1.165, 1.54) is 0 Å². The highest BCUT2D eigenvalue weighted by Gasteiger charge is 2.13. The Morgan fingerprint density at radius 1 is 1.04 bits per heavy atom. The molecule has 3 heterocycles. The van der Waals surface area contributed by atoms with Crippen molar-refractivity contribution in [3.8, 4) is 11.4 Å². The van der Waals surface area contributed by atoms with Crippen molar-refractivity contribution in [2.45, 2.75) is 19.9 Å². The summed E-state index contributed by atoms with van der Waals surface area (Å²) in [6.07, 6.45) is 7.95. The van der Waals surface area contributed by atoms with E-state index in [0.29, 0.717) is 6.54 Å².